The molecule has 0 atom stereocenters. The summed E-state index contributed by atoms with van der Waals surface area (Å²) in [4.78, 5) is 13.1. The summed E-state index contributed by atoms with van der Waals surface area (Å²) in [5.74, 6) is -0.943. The van der Waals surface area contributed by atoms with Gasteiger partial charge in [0.05, 0.1) is 5.56 Å². The maximum absolute atomic E-state index is 13.6. The summed E-state index contributed by atoms with van der Waals surface area (Å²) in [5, 5.41) is 2.69. The van der Waals surface area contributed by atoms with Gasteiger partial charge in [0.15, 0.2) is 0 Å². The normalized spacial score (nSPS) is 10.3. The molecule has 0 saturated carbocycles. The number of anilines is 1. The Balaban J connectivity index is 2.18. The van der Waals surface area contributed by atoms with Gasteiger partial charge in [0.2, 0.25) is 0 Å². The van der Waals surface area contributed by atoms with E-state index in [1.54, 1.807) is 36.0 Å². The first kappa shape index (κ1) is 13.6. The molecule has 0 bridgehead atoms. The zero-order chi connectivity index (χ0) is 13.8. The predicted molar refractivity (Wildman–Crippen MR) is 77.3 cm³/mol. The van der Waals surface area contributed by atoms with E-state index in [2.05, 4.69) is 5.32 Å². The molecular formula is C15H14FNOS. The van der Waals surface area contributed by atoms with Crippen LogP contribution < -0.4 is 5.32 Å². The van der Waals surface area contributed by atoms with Gasteiger partial charge in [-0.05, 0) is 49.6 Å². The average molecular weight is 275 g/mol. The van der Waals surface area contributed by atoms with Crippen LogP contribution in [0, 0.1) is 12.7 Å². The van der Waals surface area contributed by atoms with Gasteiger partial charge in [-0.25, -0.2) is 4.39 Å². The lowest BCUT2D eigenvalue weighted by atomic mass is 10.1. The summed E-state index contributed by atoms with van der Waals surface area (Å²) in [6.07, 6.45) is 1.98. The molecule has 0 fully saturated rings. The van der Waals surface area contributed by atoms with Gasteiger partial charge in [0.1, 0.15) is 5.82 Å². The van der Waals surface area contributed by atoms with Crippen molar-refractivity contribution in [1.29, 1.82) is 0 Å². The maximum Gasteiger partial charge on any atom is 0.258 e. The van der Waals surface area contributed by atoms with Gasteiger partial charge in [0.25, 0.3) is 5.91 Å². The van der Waals surface area contributed by atoms with Gasteiger partial charge >= 0.3 is 0 Å². The highest BCUT2D eigenvalue weighted by molar-refractivity contribution is 7.98. The summed E-state index contributed by atoms with van der Waals surface area (Å²) in [6.45, 7) is 1.82. The van der Waals surface area contributed by atoms with Gasteiger partial charge in [-0.3, -0.25) is 4.79 Å². The van der Waals surface area contributed by atoms with Crippen molar-refractivity contribution >= 4 is 23.4 Å². The predicted octanol–water partition coefficient (Wildman–Crippen LogP) is 4.11. The molecule has 1 N–H and O–H groups in total. The molecule has 4 heteroatoms. The number of rotatable bonds is 3. The van der Waals surface area contributed by atoms with Crippen LogP contribution in [0.5, 0.6) is 0 Å². The topological polar surface area (TPSA) is 29.1 Å². The van der Waals surface area contributed by atoms with Crippen LogP contribution in [0.4, 0.5) is 10.1 Å². The van der Waals surface area contributed by atoms with Crippen molar-refractivity contribution in [3.63, 3.8) is 0 Å². The first-order valence-corrected chi connectivity index (χ1v) is 7.04. The number of amides is 1. The number of carbonyl (C=O) groups excluding carboxylic acids is 1. The van der Waals surface area contributed by atoms with Crippen LogP contribution in [-0.2, 0) is 0 Å². The monoisotopic (exact) mass is 275 g/mol. The molecule has 0 aliphatic rings. The van der Waals surface area contributed by atoms with E-state index in [9.17, 15) is 9.18 Å². The van der Waals surface area contributed by atoms with Crippen LogP contribution in [0.25, 0.3) is 0 Å². The largest absolute Gasteiger partial charge is 0.322 e. The van der Waals surface area contributed by atoms with Crippen molar-refractivity contribution in [2.24, 2.45) is 0 Å². The third kappa shape index (κ3) is 3.35. The van der Waals surface area contributed by atoms with Crippen LogP contribution in [-0.4, -0.2) is 12.2 Å². The second-order valence-corrected chi connectivity index (χ2v) is 5.05. The lowest BCUT2D eigenvalue weighted by molar-refractivity contribution is 0.102. The fourth-order valence-electron chi connectivity index (χ4n) is 1.69. The number of halogens is 1. The van der Waals surface area contributed by atoms with Crippen molar-refractivity contribution in [3.05, 3.63) is 59.4 Å². The van der Waals surface area contributed by atoms with E-state index in [0.29, 0.717) is 5.69 Å². The fourth-order valence-corrected chi connectivity index (χ4v) is 2.09. The Morgan fingerprint density at radius 1 is 1.16 bits per heavy atom. The highest BCUT2D eigenvalue weighted by atomic mass is 32.2. The third-order valence-electron chi connectivity index (χ3n) is 2.71. The molecule has 0 spiro atoms. The van der Waals surface area contributed by atoms with Crippen molar-refractivity contribution in [2.75, 3.05) is 11.6 Å². The minimum absolute atomic E-state index is 0.0638. The lowest BCUT2D eigenvalue weighted by Gasteiger charge is -2.07. The Labute approximate surface area is 116 Å². The molecule has 2 aromatic rings. The third-order valence-corrected chi connectivity index (χ3v) is 3.46. The molecule has 1 amide bonds. The van der Waals surface area contributed by atoms with Gasteiger partial charge in [-0.1, -0.05) is 11.6 Å². The number of nitrogens with one attached hydrogen (secondary N) is 1. The number of benzene rings is 2. The molecule has 0 unspecified atom stereocenters. The molecular weight excluding hydrogens is 261 g/mol. The molecule has 0 heterocycles. The van der Waals surface area contributed by atoms with Gasteiger partial charge in [0, 0.05) is 10.6 Å². The quantitative estimate of drug-likeness (QED) is 0.854. The molecule has 98 valence electrons. The van der Waals surface area contributed by atoms with Crippen LogP contribution in [0.15, 0.2) is 47.4 Å². The molecule has 0 saturated heterocycles. The SMILES string of the molecule is CSc1ccc(NC(=O)c2cc(C)ccc2F)cc1. The minimum atomic E-state index is -0.510. The molecule has 0 aromatic heterocycles. The fraction of sp³-hybridized carbons (Fsp3) is 0.133. The molecule has 0 radical (unpaired) electrons. The van der Waals surface area contributed by atoms with Crippen LogP contribution in [0.1, 0.15) is 15.9 Å². The van der Waals surface area contributed by atoms with Crippen molar-refractivity contribution in [2.45, 2.75) is 11.8 Å². The highest BCUT2D eigenvalue weighted by Crippen LogP contribution is 2.18. The van der Waals surface area contributed by atoms with Crippen molar-refractivity contribution in [1.82, 2.24) is 0 Å². The van der Waals surface area contributed by atoms with Crippen LogP contribution in [0.2, 0.25) is 0 Å². The smallest absolute Gasteiger partial charge is 0.258 e. The molecule has 2 nitrogen and oxygen atoms in total. The zero-order valence-corrected chi connectivity index (χ0v) is 11.6. The van der Waals surface area contributed by atoms with E-state index >= 15 is 0 Å². The van der Waals surface area contributed by atoms with Gasteiger partial charge < -0.3 is 5.32 Å². The van der Waals surface area contributed by atoms with E-state index in [-0.39, 0.29) is 5.56 Å². The summed E-state index contributed by atoms with van der Waals surface area (Å²) < 4.78 is 13.6. The Morgan fingerprint density at radius 3 is 2.47 bits per heavy atom. The lowest BCUT2D eigenvalue weighted by Crippen LogP contribution is -2.13. The van der Waals surface area contributed by atoms with Crippen LogP contribution >= 0.6 is 11.8 Å². The van der Waals surface area contributed by atoms with E-state index < -0.39 is 11.7 Å². The second kappa shape index (κ2) is 5.89. The molecule has 2 rings (SSSR count). The molecule has 2 aromatic carbocycles. The molecule has 19 heavy (non-hydrogen) atoms. The van der Waals surface area contributed by atoms with E-state index in [1.807, 2.05) is 25.3 Å². The number of thioether (sulfide) groups is 1. The summed E-state index contributed by atoms with van der Waals surface area (Å²) in [7, 11) is 0. The maximum atomic E-state index is 13.6. The Kier molecular flexibility index (Phi) is 4.22. The number of carbonyl (C=O) groups is 1. The summed E-state index contributed by atoms with van der Waals surface area (Å²) >= 11 is 1.62. The Bertz CT molecular complexity index is 596. The Morgan fingerprint density at radius 2 is 1.84 bits per heavy atom. The van der Waals surface area contributed by atoms with Crippen molar-refractivity contribution in [3.8, 4) is 0 Å². The van der Waals surface area contributed by atoms with Gasteiger partial charge in [-0.15, -0.1) is 11.8 Å². The first-order valence-electron chi connectivity index (χ1n) is 5.81. The Hall–Kier alpha value is -1.81. The van der Waals surface area contributed by atoms with E-state index in [1.165, 1.54) is 6.07 Å². The highest BCUT2D eigenvalue weighted by Gasteiger charge is 2.11. The number of hydrogen-bond donors (Lipinski definition) is 1. The second-order valence-electron chi connectivity index (χ2n) is 4.17. The molecule has 0 aliphatic heterocycles. The average Bonchev–Trinajstić information content (AvgIpc) is 2.42. The first-order chi connectivity index (χ1) is 9.10. The minimum Gasteiger partial charge on any atom is -0.322 e. The van der Waals surface area contributed by atoms with E-state index in [0.717, 1.165) is 10.5 Å². The van der Waals surface area contributed by atoms with Crippen molar-refractivity contribution < 1.29 is 9.18 Å². The number of aryl methyl sites for hydroxylation is 1. The van der Waals surface area contributed by atoms with E-state index in [4.69, 9.17) is 0 Å². The summed E-state index contributed by atoms with van der Waals surface area (Å²) in [6, 6.07) is 11.9. The molecule has 0 aliphatic carbocycles. The number of hydrogen-bond acceptors (Lipinski definition) is 2. The van der Waals surface area contributed by atoms with Crippen LogP contribution in [0.3, 0.4) is 0 Å². The standard InChI is InChI=1S/C15H14FNOS/c1-10-3-8-14(16)13(9-10)15(18)17-11-4-6-12(19-2)7-5-11/h3-9H,1-2H3,(H,17,18). The summed E-state index contributed by atoms with van der Waals surface area (Å²) in [5.41, 5.74) is 1.57. The van der Waals surface area contributed by atoms with Gasteiger partial charge in [-0.2, -0.15) is 0 Å². The zero-order valence-electron chi connectivity index (χ0n) is 10.7.